The molecule has 2 aliphatic heterocycles. The Hall–Kier alpha value is -2.31. The maximum Gasteiger partial charge on any atom is 1.00 e. The fraction of sp³-hybridized carbons (Fsp3) is 0.333. The summed E-state index contributed by atoms with van der Waals surface area (Å²) in [5.41, 5.74) is 10.7. The van der Waals surface area contributed by atoms with E-state index in [9.17, 15) is 39.0 Å². The summed E-state index contributed by atoms with van der Waals surface area (Å²) in [4.78, 5) is 70.7. The second kappa shape index (κ2) is 15.5. The van der Waals surface area contributed by atoms with E-state index in [-0.39, 0.29) is 76.9 Å². The van der Waals surface area contributed by atoms with Crippen LogP contribution in [-0.4, -0.2) is 77.3 Å². The van der Waals surface area contributed by atoms with Crippen molar-refractivity contribution < 1.29 is 108 Å². The zero-order chi connectivity index (χ0) is 27.3. The molecular weight excluding hydrogens is 560 g/mol. The molecule has 6 N–H and O–H groups in total. The third-order valence-electron chi connectivity index (χ3n) is 5.21. The van der Waals surface area contributed by atoms with Gasteiger partial charge >= 0.3 is 71.3 Å². The number of hydrogen-bond donors (Lipinski definition) is 4. The Balaban J connectivity index is 0.00000380. The van der Waals surface area contributed by atoms with Crippen molar-refractivity contribution in [3.63, 3.8) is 0 Å². The van der Waals surface area contributed by atoms with Crippen molar-refractivity contribution in [3.05, 3.63) is 41.1 Å². The number of nitrogens with zero attached hydrogens (tertiary/aromatic N) is 1. The van der Waals surface area contributed by atoms with Gasteiger partial charge in [0.05, 0.1) is 30.1 Å². The van der Waals surface area contributed by atoms with Gasteiger partial charge in [-0.1, -0.05) is 12.1 Å². The molecule has 2 heterocycles. The number of ether oxygens (including phenoxy) is 2. The molecule has 0 saturated carbocycles. The molecule has 3 rings (SSSR count). The molecule has 0 spiro atoms. The first kappa shape index (κ1) is 34.7. The molecule has 15 nitrogen and oxygen atoms in total. The minimum absolute atomic E-state index is 0. The first-order chi connectivity index (χ1) is 17.5. The minimum atomic E-state index is -1.62. The molecule has 18 heteroatoms. The van der Waals surface area contributed by atoms with Gasteiger partial charge in [0.25, 0.3) is 5.91 Å². The van der Waals surface area contributed by atoms with Crippen LogP contribution in [0.1, 0.15) is 5.56 Å². The van der Waals surface area contributed by atoms with E-state index in [0.717, 1.165) is 4.90 Å². The molecule has 0 unspecified atom stereocenters. The van der Waals surface area contributed by atoms with Crippen LogP contribution >= 0.6 is 11.8 Å². The number of amides is 4. The molecule has 1 aromatic carbocycles. The second-order valence-electron chi connectivity index (χ2n) is 7.83. The van der Waals surface area contributed by atoms with Crippen LogP contribution in [0.5, 0.6) is 0 Å². The van der Waals surface area contributed by atoms with Gasteiger partial charge in [0.15, 0.2) is 0 Å². The third kappa shape index (κ3) is 9.11. The van der Waals surface area contributed by atoms with E-state index in [2.05, 4.69) is 20.1 Å². The van der Waals surface area contributed by atoms with Crippen LogP contribution in [-0.2, 0) is 35.1 Å². The molecule has 39 heavy (non-hydrogen) atoms. The number of thioether (sulfide) groups is 1. The number of carboxylic acids is 2. The SMILES string of the molecule is NC(=O)OCC1=C(C(=O)[O-])N2C(=O)[C@@H](NC(=O)Cc3ccc(NC(=O)OC[C@@H](N)C(=O)[O-])cc3)[C@@H]2SC1.[Na+].[Na+]. The van der Waals surface area contributed by atoms with Gasteiger partial charge in [-0.05, 0) is 17.7 Å². The summed E-state index contributed by atoms with van der Waals surface area (Å²) in [7, 11) is 0. The molecule has 0 aliphatic carbocycles. The summed E-state index contributed by atoms with van der Waals surface area (Å²) in [5, 5.41) is 26.4. The van der Waals surface area contributed by atoms with Crippen molar-refractivity contribution >= 4 is 53.4 Å². The Bertz CT molecular complexity index is 1170. The molecule has 198 valence electrons. The first-order valence-corrected chi connectivity index (χ1v) is 11.6. The smallest absolute Gasteiger partial charge is 0.548 e. The summed E-state index contributed by atoms with van der Waals surface area (Å²) in [6.07, 6.45) is -2.15. The van der Waals surface area contributed by atoms with Crippen molar-refractivity contribution in [1.82, 2.24) is 10.2 Å². The van der Waals surface area contributed by atoms with Crippen molar-refractivity contribution in [2.45, 2.75) is 23.9 Å². The van der Waals surface area contributed by atoms with Gasteiger partial charge in [-0.2, -0.15) is 0 Å². The van der Waals surface area contributed by atoms with Crippen molar-refractivity contribution in [2.24, 2.45) is 11.5 Å². The predicted octanol–water partition coefficient (Wildman–Crippen LogP) is -9.64. The van der Waals surface area contributed by atoms with Gasteiger partial charge in [0, 0.05) is 17.0 Å². The Labute approximate surface area is 269 Å². The van der Waals surface area contributed by atoms with Crippen LogP contribution < -0.4 is 91.4 Å². The molecular formula is C21H21N5Na2O10S. The van der Waals surface area contributed by atoms with Crippen molar-refractivity contribution in [3.8, 4) is 0 Å². The van der Waals surface area contributed by atoms with E-state index in [4.69, 9.17) is 11.5 Å². The van der Waals surface area contributed by atoms with Gasteiger partial charge in [0.1, 0.15) is 24.6 Å². The van der Waals surface area contributed by atoms with Crippen molar-refractivity contribution in [2.75, 3.05) is 24.3 Å². The number of benzene rings is 1. The van der Waals surface area contributed by atoms with E-state index >= 15 is 0 Å². The molecule has 0 radical (unpaired) electrons. The zero-order valence-corrected chi connectivity index (χ0v) is 25.8. The van der Waals surface area contributed by atoms with Crippen LogP contribution in [0.25, 0.3) is 0 Å². The third-order valence-corrected chi connectivity index (χ3v) is 6.55. The van der Waals surface area contributed by atoms with Gasteiger partial charge in [-0.15, -0.1) is 11.8 Å². The van der Waals surface area contributed by atoms with Crippen molar-refractivity contribution in [1.29, 1.82) is 0 Å². The van der Waals surface area contributed by atoms with Gasteiger partial charge < -0.3 is 46.1 Å². The zero-order valence-electron chi connectivity index (χ0n) is 21.0. The Morgan fingerprint density at radius 1 is 1.10 bits per heavy atom. The summed E-state index contributed by atoms with van der Waals surface area (Å²) in [6, 6.07) is 3.59. The van der Waals surface area contributed by atoms with E-state index in [0.29, 0.717) is 11.3 Å². The van der Waals surface area contributed by atoms with Crippen LogP contribution in [0, 0.1) is 0 Å². The number of β-lactam (4-membered cyclic amide) rings is 1. The number of carbonyl (C=O) groups is 6. The number of primary amides is 1. The normalized spacial score (nSPS) is 18.2. The van der Waals surface area contributed by atoms with Crippen LogP contribution in [0.15, 0.2) is 35.5 Å². The summed E-state index contributed by atoms with van der Waals surface area (Å²) >= 11 is 1.18. The summed E-state index contributed by atoms with van der Waals surface area (Å²) < 4.78 is 9.30. The van der Waals surface area contributed by atoms with Gasteiger partial charge in [-0.25, -0.2) is 9.59 Å². The van der Waals surface area contributed by atoms with E-state index in [1.54, 1.807) is 0 Å². The minimum Gasteiger partial charge on any atom is -0.548 e. The predicted molar refractivity (Wildman–Crippen MR) is 121 cm³/mol. The van der Waals surface area contributed by atoms with Gasteiger partial charge in [0.2, 0.25) is 5.91 Å². The number of hydrogen-bond acceptors (Lipinski definition) is 12. The van der Waals surface area contributed by atoms with Crippen LogP contribution in [0.4, 0.5) is 15.3 Å². The first-order valence-electron chi connectivity index (χ1n) is 10.6. The van der Waals surface area contributed by atoms with E-state index in [1.807, 2.05) is 0 Å². The summed E-state index contributed by atoms with van der Waals surface area (Å²) in [6.45, 7) is -0.985. The molecule has 1 aromatic rings. The molecule has 1 fully saturated rings. The van der Waals surface area contributed by atoms with Crippen LogP contribution in [0.3, 0.4) is 0 Å². The number of anilines is 1. The average Bonchev–Trinajstić information content (AvgIpc) is 2.84. The largest absolute Gasteiger partial charge is 1.00 e. The number of nitrogens with two attached hydrogens (primary N) is 2. The number of carbonyl (C=O) groups excluding carboxylic acids is 6. The standard InChI is InChI=1S/C21H23N5O10S.2Na/c22-12(18(29)30)7-36-21(34)24-11-3-1-9(2-4-11)5-13(27)25-14-16(28)26-15(19(31)32)10(6-35-20(23)33)8-37-17(14)26;;/h1-4,12,14,17H,5-8,22H2,(H2,23,33)(H,24,34)(H,25,27)(H,29,30)(H,31,32);;/q;2*+1/p-2/t12-,14-,17+;;/m1../s1. The number of nitrogens with one attached hydrogen (secondary N) is 2. The number of aliphatic carboxylic acids is 2. The molecule has 0 aromatic heterocycles. The molecule has 2 aliphatic rings. The fourth-order valence-electron chi connectivity index (χ4n) is 3.44. The maximum absolute atomic E-state index is 12.6. The number of rotatable bonds is 10. The molecule has 4 amide bonds. The van der Waals surface area contributed by atoms with E-state index in [1.165, 1.54) is 36.0 Å². The van der Waals surface area contributed by atoms with Gasteiger partial charge in [-0.3, -0.25) is 19.8 Å². The molecule has 3 atom stereocenters. The summed E-state index contributed by atoms with van der Waals surface area (Å²) in [5.74, 6) is -4.22. The molecule has 1 saturated heterocycles. The monoisotopic (exact) mass is 581 g/mol. The maximum atomic E-state index is 12.6. The fourth-order valence-corrected chi connectivity index (χ4v) is 4.77. The molecule has 0 bridgehead atoms. The number of carboxylic acid groups (broad SMARTS) is 2. The Morgan fingerprint density at radius 3 is 2.31 bits per heavy atom. The Kier molecular flexibility index (Phi) is 13.8. The Morgan fingerprint density at radius 2 is 1.74 bits per heavy atom. The number of fused-ring (bicyclic) bond motifs is 1. The average molecular weight is 581 g/mol. The van der Waals surface area contributed by atoms with E-state index < -0.39 is 72.3 Å². The second-order valence-corrected chi connectivity index (χ2v) is 8.93. The topological polar surface area (TPSA) is 246 Å². The quantitative estimate of drug-likeness (QED) is 0.149. The van der Waals surface area contributed by atoms with Crippen LogP contribution in [0.2, 0.25) is 0 Å².